The summed E-state index contributed by atoms with van der Waals surface area (Å²) in [6, 6.07) is 2.40. The van der Waals surface area contributed by atoms with Crippen LogP contribution < -0.4 is 5.32 Å². The van der Waals surface area contributed by atoms with Crippen LogP contribution in [0, 0.1) is 13.8 Å². The van der Waals surface area contributed by atoms with Gasteiger partial charge in [-0.1, -0.05) is 6.08 Å². The number of amidine groups is 1. The van der Waals surface area contributed by atoms with Crippen molar-refractivity contribution in [3.8, 4) is 11.3 Å². The second kappa shape index (κ2) is 10.2. The molecule has 3 rings (SSSR count). The summed E-state index contributed by atoms with van der Waals surface area (Å²) in [5.74, 6) is 0.514. The van der Waals surface area contributed by atoms with Crippen molar-refractivity contribution in [2.24, 2.45) is 4.99 Å². The largest absolute Gasteiger partial charge is 0.433 e. The van der Waals surface area contributed by atoms with Crippen LogP contribution in [0.1, 0.15) is 22.9 Å². The lowest BCUT2D eigenvalue weighted by Gasteiger charge is -2.10. The van der Waals surface area contributed by atoms with Gasteiger partial charge >= 0.3 is 6.18 Å². The molecule has 11 heteroatoms. The number of aromatic nitrogens is 5. The average molecular weight is 457 g/mol. The number of carbonyl (C=O) groups excluding carboxylic acids is 1. The van der Waals surface area contributed by atoms with Gasteiger partial charge < -0.3 is 9.88 Å². The van der Waals surface area contributed by atoms with E-state index in [-0.39, 0.29) is 18.0 Å². The average Bonchev–Trinajstić information content (AvgIpc) is 3.07. The van der Waals surface area contributed by atoms with E-state index in [0.717, 1.165) is 18.0 Å². The smallest absolute Gasteiger partial charge is 0.322 e. The molecule has 0 aromatic carbocycles. The summed E-state index contributed by atoms with van der Waals surface area (Å²) in [5, 5.41) is 2.71. The van der Waals surface area contributed by atoms with Crippen LogP contribution in [0.3, 0.4) is 0 Å². The number of imidazole rings is 1. The first-order valence-corrected chi connectivity index (χ1v) is 9.94. The van der Waals surface area contributed by atoms with E-state index in [1.54, 1.807) is 56.2 Å². The fourth-order valence-electron chi connectivity index (χ4n) is 3.14. The van der Waals surface area contributed by atoms with E-state index >= 15 is 0 Å². The van der Waals surface area contributed by atoms with E-state index in [0.29, 0.717) is 29.5 Å². The van der Waals surface area contributed by atoms with Crippen molar-refractivity contribution in [2.75, 3.05) is 7.05 Å². The van der Waals surface area contributed by atoms with Crippen LogP contribution in [-0.2, 0) is 23.9 Å². The van der Waals surface area contributed by atoms with Gasteiger partial charge in [-0.15, -0.1) is 0 Å². The van der Waals surface area contributed by atoms with Gasteiger partial charge in [0.05, 0.1) is 11.4 Å². The van der Waals surface area contributed by atoms with Crippen molar-refractivity contribution in [3.63, 3.8) is 0 Å². The number of alkyl halides is 3. The van der Waals surface area contributed by atoms with E-state index in [1.807, 2.05) is 0 Å². The number of aryl methyl sites for hydroxylation is 1. The molecule has 0 saturated carbocycles. The van der Waals surface area contributed by atoms with Gasteiger partial charge in [-0.2, -0.15) is 13.2 Å². The number of rotatable bonds is 6. The molecule has 3 aromatic rings. The number of carbonyl (C=O) groups is 1. The van der Waals surface area contributed by atoms with Gasteiger partial charge in [-0.3, -0.25) is 24.7 Å². The fourth-order valence-corrected chi connectivity index (χ4v) is 3.14. The monoisotopic (exact) mass is 457 g/mol. The summed E-state index contributed by atoms with van der Waals surface area (Å²) < 4.78 is 40.7. The molecular weight excluding hydrogens is 435 g/mol. The van der Waals surface area contributed by atoms with Crippen molar-refractivity contribution >= 4 is 11.7 Å². The second-order valence-corrected chi connectivity index (χ2v) is 7.07. The number of nitrogens with one attached hydrogen (secondary N) is 1. The second-order valence-electron chi connectivity index (χ2n) is 7.07. The van der Waals surface area contributed by atoms with Crippen molar-refractivity contribution < 1.29 is 18.0 Å². The molecule has 0 radical (unpaired) electrons. The van der Waals surface area contributed by atoms with Crippen molar-refractivity contribution in [3.05, 3.63) is 72.0 Å². The zero-order chi connectivity index (χ0) is 24.0. The standard InChI is InChI=1S/C22H22F3N7O/c1-14-21(16-7-8-29-18(11-16)22(23,24)25)30-15(2)32(14)13-20(33)31-19(26-3)6-4-5-17-12-27-9-10-28-17/h4,6-12H,5,13H2,1-3H3,(H,26,31,33)/b6-4-. The van der Waals surface area contributed by atoms with Crippen LogP contribution in [0.5, 0.6) is 0 Å². The Morgan fingerprint density at radius 2 is 2.00 bits per heavy atom. The van der Waals surface area contributed by atoms with E-state index in [1.165, 1.54) is 6.07 Å². The Kier molecular flexibility index (Phi) is 7.31. The third-order valence-electron chi connectivity index (χ3n) is 4.77. The predicted octanol–water partition coefficient (Wildman–Crippen LogP) is 3.31. The summed E-state index contributed by atoms with van der Waals surface area (Å²) in [6.07, 6.45) is 5.36. The Balaban J connectivity index is 1.71. The molecule has 172 valence electrons. The van der Waals surface area contributed by atoms with Crippen LogP contribution in [0.2, 0.25) is 0 Å². The summed E-state index contributed by atoms with van der Waals surface area (Å²) >= 11 is 0. The molecule has 0 aliphatic rings. The quantitative estimate of drug-likeness (QED) is 0.452. The van der Waals surface area contributed by atoms with E-state index in [2.05, 4.69) is 30.2 Å². The van der Waals surface area contributed by atoms with Crippen LogP contribution in [0.4, 0.5) is 13.2 Å². The minimum Gasteiger partial charge on any atom is -0.322 e. The van der Waals surface area contributed by atoms with Crippen molar-refractivity contribution in [2.45, 2.75) is 33.0 Å². The van der Waals surface area contributed by atoms with Crippen LogP contribution >= 0.6 is 0 Å². The Hall–Kier alpha value is -3.89. The molecule has 3 heterocycles. The minimum atomic E-state index is -4.56. The lowest BCUT2D eigenvalue weighted by molar-refractivity contribution is -0.141. The van der Waals surface area contributed by atoms with E-state index < -0.39 is 11.9 Å². The highest BCUT2D eigenvalue weighted by Gasteiger charge is 2.33. The number of nitrogens with zero attached hydrogens (tertiary/aromatic N) is 6. The highest BCUT2D eigenvalue weighted by molar-refractivity contribution is 6.04. The number of hydrogen-bond donors (Lipinski definition) is 1. The lowest BCUT2D eigenvalue weighted by Crippen LogP contribution is -2.32. The Morgan fingerprint density at radius 3 is 2.67 bits per heavy atom. The number of aliphatic imine (C=N–C) groups is 1. The Morgan fingerprint density at radius 1 is 1.21 bits per heavy atom. The molecule has 0 aliphatic heterocycles. The molecule has 0 spiro atoms. The summed E-state index contributed by atoms with van der Waals surface area (Å²) in [4.78, 5) is 32.6. The highest BCUT2D eigenvalue weighted by atomic mass is 19.4. The molecule has 0 aliphatic carbocycles. The maximum absolute atomic E-state index is 13.0. The normalized spacial score (nSPS) is 12.4. The molecule has 0 unspecified atom stereocenters. The molecule has 0 saturated heterocycles. The van der Waals surface area contributed by atoms with Gasteiger partial charge in [0.2, 0.25) is 5.91 Å². The molecule has 1 amide bonds. The Bertz CT molecular complexity index is 1180. The fraction of sp³-hybridized carbons (Fsp3) is 0.273. The van der Waals surface area contributed by atoms with Crippen LogP contribution in [0.15, 0.2) is 54.1 Å². The summed E-state index contributed by atoms with van der Waals surface area (Å²) in [5.41, 5.74) is 0.982. The van der Waals surface area contributed by atoms with Crippen molar-refractivity contribution in [1.82, 2.24) is 29.8 Å². The predicted molar refractivity (Wildman–Crippen MR) is 116 cm³/mol. The lowest BCUT2D eigenvalue weighted by atomic mass is 10.1. The van der Waals surface area contributed by atoms with Crippen molar-refractivity contribution in [1.29, 1.82) is 0 Å². The highest BCUT2D eigenvalue weighted by Crippen LogP contribution is 2.31. The molecule has 3 aromatic heterocycles. The maximum Gasteiger partial charge on any atom is 0.433 e. The minimum absolute atomic E-state index is 0.0705. The first-order chi connectivity index (χ1) is 15.7. The molecule has 8 nitrogen and oxygen atoms in total. The van der Waals surface area contributed by atoms with E-state index in [9.17, 15) is 18.0 Å². The first-order valence-electron chi connectivity index (χ1n) is 9.94. The van der Waals surface area contributed by atoms with Gasteiger partial charge in [-0.05, 0) is 32.1 Å². The molecule has 0 atom stereocenters. The molecular formula is C22H22F3N7O. The van der Waals surface area contributed by atoms with Gasteiger partial charge in [0.25, 0.3) is 0 Å². The molecule has 0 bridgehead atoms. The van der Waals surface area contributed by atoms with E-state index in [4.69, 9.17) is 0 Å². The topological polar surface area (TPSA) is 98.0 Å². The van der Waals surface area contributed by atoms with Gasteiger partial charge in [0, 0.05) is 49.5 Å². The molecule has 1 N–H and O–H groups in total. The summed E-state index contributed by atoms with van der Waals surface area (Å²) in [7, 11) is 1.55. The summed E-state index contributed by atoms with van der Waals surface area (Å²) in [6.45, 7) is 3.32. The van der Waals surface area contributed by atoms with Crippen LogP contribution in [0.25, 0.3) is 11.3 Å². The third kappa shape index (κ3) is 6.09. The Labute approximate surface area is 188 Å². The molecule has 0 fully saturated rings. The number of hydrogen-bond acceptors (Lipinski definition) is 6. The van der Waals surface area contributed by atoms with Gasteiger partial charge in [0.15, 0.2) is 0 Å². The maximum atomic E-state index is 13.0. The number of pyridine rings is 1. The molecule has 33 heavy (non-hydrogen) atoms. The van der Waals surface area contributed by atoms with Gasteiger partial charge in [0.1, 0.15) is 23.9 Å². The zero-order valence-electron chi connectivity index (χ0n) is 18.3. The number of amides is 1. The van der Waals surface area contributed by atoms with Crippen LogP contribution in [-0.4, -0.2) is 43.3 Å². The first kappa shape index (κ1) is 23.8. The third-order valence-corrected chi connectivity index (χ3v) is 4.77. The SMILES string of the molecule is CN=C(/C=C\Cc1cnccn1)NC(=O)Cn1c(C)nc(-c2ccnc(C(F)(F)F)c2)c1C. The van der Waals surface area contributed by atoms with Gasteiger partial charge in [-0.25, -0.2) is 4.98 Å². The number of halogens is 3. The zero-order valence-corrected chi connectivity index (χ0v) is 18.3. The number of allylic oxidation sites excluding steroid dienone is 1.